The van der Waals surface area contributed by atoms with Gasteiger partial charge < -0.3 is 9.80 Å². The standard InChI is InChI=1S/C27H30N4O2/c1-30(2)26(33)27(17-22-9-3-4-11-24(22)23-10-6-14-29-19-23)12-7-15-31(20-27)25(32)16-21-8-5-13-28-18-21/h3-6,8-11,13-14,18-19H,7,12,15-17,20H2,1-2H3. The van der Waals surface area contributed by atoms with Gasteiger partial charge in [0.2, 0.25) is 11.8 Å². The first-order valence-corrected chi connectivity index (χ1v) is 11.4. The fourth-order valence-electron chi connectivity index (χ4n) is 4.85. The van der Waals surface area contributed by atoms with Crippen LogP contribution in [-0.2, 0) is 22.4 Å². The van der Waals surface area contributed by atoms with Crippen LogP contribution in [0.25, 0.3) is 11.1 Å². The molecule has 1 aromatic carbocycles. The van der Waals surface area contributed by atoms with Gasteiger partial charge in [-0.3, -0.25) is 19.6 Å². The highest BCUT2D eigenvalue weighted by Crippen LogP contribution is 2.38. The molecule has 1 aliphatic heterocycles. The molecule has 0 radical (unpaired) electrons. The number of benzene rings is 1. The Morgan fingerprint density at radius 2 is 1.76 bits per heavy atom. The van der Waals surface area contributed by atoms with Crippen LogP contribution < -0.4 is 0 Å². The molecule has 4 rings (SSSR count). The largest absolute Gasteiger partial charge is 0.348 e. The lowest BCUT2D eigenvalue weighted by Gasteiger charge is -2.43. The molecule has 3 heterocycles. The third kappa shape index (κ3) is 5.11. The summed E-state index contributed by atoms with van der Waals surface area (Å²) in [6.45, 7) is 1.09. The Morgan fingerprint density at radius 3 is 2.45 bits per heavy atom. The zero-order valence-electron chi connectivity index (χ0n) is 19.3. The molecule has 0 N–H and O–H groups in total. The van der Waals surface area contributed by atoms with E-state index in [2.05, 4.69) is 22.1 Å². The molecule has 170 valence electrons. The second-order valence-corrected chi connectivity index (χ2v) is 9.01. The molecule has 33 heavy (non-hydrogen) atoms. The van der Waals surface area contributed by atoms with Gasteiger partial charge in [0, 0.05) is 57.5 Å². The van der Waals surface area contributed by atoms with E-state index < -0.39 is 5.41 Å². The Hall–Kier alpha value is -3.54. The van der Waals surface area contributed by atoms with E-state index in [-0.39, 0.29) is 11.8 Å². The molecule has 0 spiro atoms. The van der Waals surface area contributed by atoms with Gasteiger partial charge in [0.1, 0.15) is 0 Å². The number of carbonyl (C=O) groups excluding carboxylic acids is 2. The quantitative estimate of drug-likeness (QED) is 0.585. The van der Waals surface area contributed by atoms with Crippen molar-refractivity contribution < 1.29 is 9.59 Å². The highest BCUT2D eigenvalue weighted by Gasteiger charge is 2.44. The summed E-state index contributed by atoms with van der Waals surface area (Å²) in [4.78, 5) is 38.6. The van der Waals surface area contributed by atoms with Crippen LogP contribution in [0.15, 0.2) is 73.3 Å². The van der Waals surface area contributed by atoms with Crippen LogP contribution in [0.2, 0.25) is 0 Å². The Balaban J connectivity index is 1.64. The molecule has 1 fully saturated rings. The van der Waals surface area contributed by atoms with Gasteiger partial charge in [0.25, 0.3) is 0 Å². The molecule has 1 atom stereocenters. The van der Waals surface area contributed by atoms with Crippen molar-refractivity contribution in [3.8, 4) is 11.1 Å². The van der Waals surface area contributed by atoms with Gasteiger partial charge in [-0.25, -0.2) is 0 Å². The fourth-order valence-corrected chi connectivity index (χ4v) is 4.85. The van der Waals surface area contributed by atoms with Crippen LogP contribution in [0.1, 0.15) is 24.0 Å². The highest BCUT2D eigenvalue weighted by atomic mass is 16.2. The first-order chi connectivity index (χ1) is 16.0. The Bertz CT molecular complexity index is 1100. The summed E-state index contributed by atoms with van der Waals surface area (Å²) < 4.78 is 0. The maximum Gasteiger partial charge on any atom is 0.230 e. The van der Waals surface area contributed by atoms with Crippen molar-refractivity contribution in [3.63, 3.8) is 0 Å². The summed E-state index contributed by atoms with van der Waals surface area (Å²) >= 11 is 0. The smallest absolute Gasteiger partial charge is 0.230 e. The molecule has 6 nitrogen and oxygen atoms in total. The number of amides is 2. The Labute approximate surface area is 195 Å². The van der Waals surface area contributed by atoms with Gasteiger partial charge in [-0.05, 0) is 48.1 Å². The summed E-state index contributed by atoms with van der Waals surface area (Å²) in [6.07, 6.45) is 9.47. The number of hydrogen-bond acceptors (Lipinski definition) is 4. The van der Waals surface area contributed by atoms with Crippen molar-refractivity contribution in [3.05, 3.63) is 84.4 Å². The third-order valence-corrected chi connectivity index (χ3v) is 6.39. The average molecular weight is 443 g/mol. The van der Waals surface area contributed by atoms with Crippen molar-refractivity contribution in [1.82, 2.24) is 19.8 Å². The van der Waals surface area contributed by atoms with Gasteiger partial charge in [-0.15, -0.1) is 0 Å². The zero-order valence-corrected chi connectivity index (χ0v) is 19.3. The Morgan fingerprint density at radius 1 is 1.00 bits per heavy atom. The predicted molar refractivity (Wildman–Crippen MR) is 128 cm³/mol. The average Bonchev–Trinajstić information content (AvgIpc) is 2.85. The van der Waals surface area contributed by atoms with Crippen molar-refractivity contribution in [2.24, 2.45) is 5.41 Å². The van der Waals surface area contributed by atoms with Crippen LogP contribution in [0.5, 0.6) is 0 Å². The van der Waals surface area contributed by atoms with E-state index in [0.29, 0.717) is 25.9 Å². The lowest BCUT2D eigenvalue weighted by molar-refractivity contribution is -0.147. The lowest BCUT2D eigenvalue weighted by Crippen LogP contribution is -2.54. The Kier molecular flexibility index (Phi) is 6.82. The van der Waals surface area contributed by atoms with Crippen molar-refractivity contribution in [2.75, 3.05) is 27.2 Å². The predicted octanol–water partition coefficient (Wildman–Crippen LogP) is 3.63. The summed E-state index contributed by atoms with van der Waals surface area (Å²) in [5, 5.41) is 0. The molecule has 0 bridgehead atoms. The first kappa shape index (κ1) is 22.6. The minimum absolute atomic E-state index is 0.0409. The molecular formula is C27H30N4O2. The van der Waals surface area contributed by atoms with E-state index in [1.807, 2.05) is 47.5 Å². The summed E-state index contributed by atoms with van der Waals surface area (Å²) in [5.41, 5.74) is 3.43. The van der Waals surface area contributed by atoms with Crippen LogP contribution >= 0.6 is 0 Å². The molecule has 2 aromatic heterocycles. The number of rotatable bonds is 6. The molecule has 1 unspecified atom stereocenters. The van der Waals surface area contributed by atoms with Gasteiger partial charge in [0.05, 0.1) is 11.8 Å². The first-order valence-electron chi connectivity index (χ1n) is 11.4. The lowest BCUT2D eigenvalue weighted by atomic mass is 9.73. The molecule has 6 heteroatoms. The number of likely N-dealkylation sites (tertiary alicyclic amines) is 1. The zero-order chi connectivity index (χ0) is 23.3. The second kappa shape index (κ2) is 9.94. The molecular weight excluding hydrogens is 412 g/mol. The van der Waals surface area contributed by atoms with Crippen LogP contribution in [0, 0.1) is 5.41 Å². The number of carbonyl (C=O) groups is 2. The van der Waals surface area contributed by atoms with E-state index in [1.54, 1.807) is 37.6 Å². The van der Waals surface area contributed by atoms with Gasteiger partial charge >= 0.3 is 0 Å². The summed E-state index contributed by atoms with van der Waals surface area (Å²) in [5.74, 6) is 0.113. The molecule has 0 aliphatic carbocycles. The van der Waals surface area contributed by atoms with Gasteiger partial charge in [-0.1, -0.05) is 36.4 Å². The SMILES string of the molecule is CN(C)C(=O)C1(Cc2ccccc2-c2cccnc2)CCCN(C(=O)Cc2cccnc2)C1. The normalized spacial score (nSPS) is 18.1. The maximum atomic E-state index is 13.6. The fraction of sp³-hybridized carbons (Fsp3) is 0.333. The monoisotopic (exact) mass is 442 g/mol. The van der Waals surface area contributed by atoms with Crippen LogP contribution in [-0.4, -0.2) is 58.8 Å². The van der Waals surface area contributed by atoms with Crippen molar-refractivity contribution >= 4 is 11.8 Å². The number of pyridine rings is 2. The number of aromatic nitrogens is 2. The van der Waals surface area contributed by atoms with E-state index in [4.69, 9.17) is 0 Å². The molecule has 1 saturated heterocycles. The minimum atomic E-state index is -0.662. The topological polar surface area (TPSA) is 66.4 Å². The number of piperidine rings is 1. The third-order valence-electron chi connectivity index (χ3n) is 6.39. The molecule has 2 amide bonds. The molecule has 1 aliphatic rings. The highest BCUT2D eigenvalue weighted by molar-refractivity contribution is 5.85. The maximum absolute atomic E-state index is 13.6. The summed E-state index contributed by atoms with van der Waals surface area (Å²) in [7, 11) is 3.60. The van der Waals surface area contributed by atoms with E-state index in [0.717, 1.165) is 35.1 Å². The second-order valence-electron chi connectivity index (χ2n) is 9.01. The molecule has 0 saturated carbocycles. The van der Waals surface area contributed by atoms with Gasteiger partial charge in [-0.2, -0.15) is 0 Å². The number of hydrogen-bond donors (Lipinski definition) is 0. The van der Waals surface area contributed by atoms with E-state index >= 15 is 0 Å². The van der Waals surface area contributed by atoms with E-state index in [1.165, 1.54) is 0 Å². The van der Waals surface area contributed by atoms with Crippen LogP contribution in [0.4, 0.5) is 0 Å². The van der Waals surface area contributed by atoms with Crippen LogP contribution in [0.3, 0.4) is 0 Å². The summed E-state index contributed by atoms with van der Waals surface area (Å²) in [6, 6.07) is 15.9. The van der Waals surface area contributed by atoms with Gasteiger partial charge in [0.15, 0.2) is 0 Å². The molecule has 3 aromatic rings. The van der Waals surface area contributed by atoms with Crippen molar-refractivity contribution in [2.45, 2.75) is 25.7 Å². The minimum Gasteiger partial charge on any atom is -0.348 e. The number of nitrogens with zero attached hydrogens (tertiary/aromatic N) is 4. The van der Waals surface area contributed by atoms with E-state index in [9.17, 15) is 9.59 Å². The van der Waals surface area contributed by atoms with Crippen molar-refractivity contribution in [1.29, 1.82) is 0 Å².